The molecule has 0 aromatic carbocycles. The Labute approximate surface area is 40.5 Å². The zero-order valence-electron chi connectivity index (χ0n) is 4.11. The summed E-state index contributed by atoms with van der Waals surface area (Å²) in [5.41, 5.74) is 1.06. The largest absolute Gasteiger partial charge is 0.385 e. The SMILES string of the molecule is COCC1C[SiH2]1. The molecule has 0 saturated carbocycles. The van der Waals surface area contributed by atoms with Crippen molar-refractivity contribution < 1.29 is 4.74 Å². The van der Waals surface area contributed by atoms with Gasteiger partial charge in [-0.25, -0.2) is 0 Å². The molecule has 1 aliphatic heterocycles. The van der Waals surface area contributed by atoms with E-state index in [1.54, 1.807) is 7.11 Å². The second-order valence-corrected chi connectivity index (χ2v) is 4.21. The summed E-state index contributed by atoms with van der Waals surface area (Å²) in [6.45, 7) is 1.05. The summed E-state index contributed by atoms with van der Waals surface area (Å²) in [5.74, 6) is 0. The molecule has 1 atom stereocenters. The normalized spacial score (nSPS) is 34.5. The molecule has 0 aliphatic carbocycles. The smallest absolute Gasteiger partial charge is 0.0458 e. The fraction of sp³-hybridized carbons (Fsp3) is 1.00. The minimum absolute atomic E-state index is 0.445. The number of hydrogen-bond donors (Lipinski definition) is 0. The lowest BCUT2D eigenvalue weighted by Crippen LogP contribution is -1.84. The van der Waals surface area contributed by atoms with Crippen LogP contribution in [0.15, 0.2) is 0 Å². The maximum absolute atomic E-state index is 4.90. The van der Waals surface area contributed by atoms with Crippen molar-refractivity contribution in [2.24, 2.45) is 0 Å². The van der Waals surface area contributed by atoms with Crippen LogP contribution in [0.25, 0.3) is 0 Å². The molecule has 2 heteroatoms. The molecular formula is C4H10OSi. The molecule has 1 saturated heterocycles. The van der Waals surface area contributed by atoms with Crippen molar-refractivity contribution in [1.82, 2.24) is 0 Å². The van der Waals surface area contributed by atoms with Gasteiger partial charge in [-0.05, 0) is 5.54 Å². The van der Waals surface area contributed by atoms with E-state index in [4.69, 9.17) is 4.74 Å². The van der Waals surface area contributed by atoms with E-state index in [1.165, 1.54) is 6.04 Å². The molecule has 1 fully saturated rings. The maximum atomic E-state index is 4.90. The summed E-state index contributed by atoms with van der Waals surface area (Å²) in [7, 11) is 2.23. The highest BCUT2D eigenvalue weighted by molar-refractivity contribution is 6.50. The van der Waals surface area contributed by atoms with Crippen LogP contribution in [0.3, 0.4) is 0 Å². The van der Waals surface area contributed by atoms with Crippen LogP contribution >= 0.6 is 0 Å². The third-order valence-corrected chi connectivity index (χ3v) is 2.73. The average Bonchev–Trinajstić information content (AvgIpc) is 2.21. The Morgan fingerprint density at radius 2 is 2.67 bits per heavy atom. The summed E-state index contributed by atoms with van der Waals surface area (Å²) in [5, 5.41) is 0. The molecule has 0 N–H and O–H groups in total. The first kappa shape index (κ1) is 4.34. The predicted octanol–water partition coefficient (Wildman–Crippen LogP) is 0.0220. The Kier molecular flexibility index (Phi) is 1.27. The topological polar surface area (TPSA) is 9.23 Å². The molecule has 0 amide bonds. The molecule has 36 valence electrons. The van der Waals surface area contributed by atoms with Gasteiger partial charge in [0.2, 0.25) is 0 Å². The van der Waals surface area contributed by atoms with E-state index in [2.05, 4.69) is 0 Å². The van der Waals surface area contributed by atoms with Gasteiger partial charge < -0.3 is 4.74 Å². The monoisotopic (exact) mass is 102 g/mol. The van der Waals surface area contributed by atoms with Crippen LogP contribution in [-0.4, -0.2) is 23.2 Å². The van der Waals surface area contributed by atoms with E-state index in [1.807, 2.05) is 0 Å². The molecule has 1 nitrogen and oxygen atoms in total. The molecular weight excluding hydrogens is 92.1 g/mol. The lowest BCUT2D eigenvalue weighted by Gasteiger charge is -1.87. The lowest BCUT2D eigenvalue weighted by molar-refractivity contribution is 0.206. The molecule has 0 aromatic rings. The van der Waals surface area contributed by atoms with Crippen molar-refractivity contribution in [3.63, 3.8) is 0 Å². The summed E-state index contributed by atoms with van der Waals surface area (Å²) in [4.78, 5) is 0. The van der Waals surface area contributed by atoms with Crippen molar-refractivity contribution in [3.05, 3.63) is 0 Å². The fourth-order valence-corrected chi connectivity index (χ4v) is 1.32. The van der Waals surface area contributed by atoms with Crippen LogP contribution in [0, 0.1) is 0 Å². The molecule has 1 aliphatic rings. The van der Waals surface area contributed by atoms with Crippen LogP contribution in [0.1, 0.15) is 0 Å². The van der Waals surface area contributed by atoms with E-state index in [9.17, 15) is 0 Å². The molecule has 0 aromatic heterocycles. The Morgan fingerprint density at radius 3 is 2.83 bits per heavy atom. The first-order valence-corrected chi connectivity index (χ1v) is 4.24. The van der Waals surface area contributed by atoms with Crippen molar-refractivity contribution in [1.29, 1.82) is 0 Å². The molecule has 0 bridgehead atoms. The summed E-state index contributed by atoms with van der Waals surface area (Å²) < 4.78 is 4.90. The minimum atomic E-state index is 0.445. The van der Waals surface area contributed by atoms with Crippen molar-refractivity contribution in [2.75, 3.05) is 13.7 Å². The van der Waals surface area contributed by atoms with Crippen molar-refractivity contribution in [3.8, 4) is 0 Å². The van der Waals surface area contributed by atoms with E-state index in [-0.39, 0.29) is 0 Å². The average molecular weight is 102 g/mol. The van der Waals surface area contributed by atoms with Gasteiger partial charge in [0.25, 0.3) is 0 Å². The molecule has 1 heterocycles. The van der Waals surface area contributed by atoms with E-state index in [0.717, 1.165) is 12.1 Å². The van der Waals surface area contributed by atoms with Gasteiger partial charge in [-0.1, -0.05) is 6.04 Å². The predicted molar refractivity (Wildman–Crippen MR) is 29.0 cm³/mol. The Bertz CT molecular complexity index is 42.8. The second kappa shape index (κ2) is 1.75. The van der Waals surface area contributed by atoms with E-state index in [0.29, 0.717) is 9.52 Å². The van der Waals surface area contributed by atoms with E-state index < -0.39 is 0 Å². The molecule has 1 unspecified atom stereocenters. The van der Waals surface area contributed by atoms with Gasteiger partial charge in [0.15, 0.2) is 0 Å². The van der Waals surface area contributed by atoms with E-state index >= 15 is 0 Å². The van der Waals surface area contributed by atoms with Crippen LogP contribution in [0.5, 0.6) is 0 Å². The van der Waals surface area contributed by atoms with Gasteiger partial charge in [-0.15, -0.1) is 0 Å². The van der Waals surface area contributed by atoms with Crippen LogP contribution in [-0.2, 0) is 4.74 Å². The van der Waals surface area contributed by atoms with Crippen LogP contribution in [0.2, 0.25) is 11.6 Å². The third kappa shape index (κ3) is 1.10. The number of rotatable bonds is 2. The second-order valence-electron chi connectivity index (χ2n) is 1.90. The van der Waals surface area contributed by atoms with Gasteiger partial charge in [-0.2, -0.15) is 0 Å². The highest BCUT2D eigenvalue weighted by Crippen LogP contribution is 2.26. The highest BCUT2D eigenvalue weighted by atomic mass is 28.2. The number of methoxy groups -OCH3 is 1. The Morgan fingerprint density at radius 1 is 2.00 bits per heavy atom. The van der Waals surface area contributed by atoms with Gasteiger partial charge in [0.05, 0.1) is 0 Å². The Balaban J connectivity index is 1.88. The standard InChI is InChI=1S/C4H10OSi/c1-5-2-4-3-6-4/h4H,2-3,6H2,1H3. The number of hydrogen-bond acceptors (Lipinski definition) is 1. The summed E-state index contributed by atoms with van der Waals surface area (Å²) >= 11 is 0. The van der Waals surface area contributed by atoms with Gasteiger partial charge in [-0.3, -0.25) is 0 Å². The third-order valence-electron chi connectivity index (χ3n) is 1.10. The quantitative estimate of drug-likeness (QED) is 0.447. The zero-order chi connectivity index (χ0) is 4.41. The molecule has 6 heavy (non-hydrogen) atoms. The highest BCUT2D eigenvalue weighted by Gasteiger charge is 2.20. The fourth-order valence-electron chi connectivity index (χ4n) is 0.520. The minimum Gasteiger partial charge on any atom is -0.385 e. The lowest BCUT2D eigenvalue weighted by atomic mass is 10.5. The molecule has 1 rings (SSSR count). The van der Waals surface area contributed by atoms with Gasteiger partial charge >= 0.3 is 0 Å². The Hall–Kier alpha value is 0.177. The van der Waals surface area contributed by atoms with Gasteiger partial charge in [0, 0.05) is 23.2 Å². The first-order valence-electron chi connectivity index (χ1n) is 2.42. The first-order chi connectivity index (χ1) is 2.93. The van der Waals surface area contributed by atoms with Crippen molar-refractivity contribution >= 4 is 9.52 Å². The van der Waals surface area contributed by atoms with Gasteiger partial charge in [0.1, 0.15) is 0 Å². The van der Waals surface area contributed by atoms with Crippen LogP contribution in [0.4, 0.5) is 0 Å². The summed E-state index contributed by atoms with van der Waals surface area (Å²) in [6, 6.07) is 1.54. The number of ether oxygens (including phenoxy) is 1. The molecule has 0 spiro atoms. The maximum Gasteiger partial charge on any atom is 0.0458 e. The van der Waals surface area contributed by atoms with Crippen molar-refractivity contribution in [2.45, 2.75) is 11.6 Å². The zero-order valence-corrected chi connectivity index (χ0v) is 5.52. The summed E-state index contributed by atoms with van der Waals surface area (Å²) in [6.07, 6.45) is 0. The molecule has 0 radical (unpaired) electrons. The van der Waals surface area contributed by atoms with Crippen LogP contribution < -0.4 is 0 Å².